The second-order valence-corrected chi connectivity index (χ2v) is 3.17. The molecule has 0 aromatic rings. The zero-order valence-corrected chi connectivity index (χ0v) is 8.63. The Morgan fingerprint density at radius 1 is 1.20 bits per heavy atom. The van der Waals surface area contributed by atoms with E-state index in [1.165, 1.54) is 0 Å². The summed E-state index contributed by atoms with van der Waals surface area (Å²) in [5.74, 6) is 0. The van der Waals surface area contributed by atoms with Gasteiger partial charge in [0.15, 0.2) is 0 Å². The molecule has 2 unspecified atom stereocenters. The van der Waals surface area contributed by atoms with Crippen molar-refractivity contribution in [2.75, 3.05) is 26.2 Å². The largest absolute Gasteiger partial charge is 0.395 e. The molecule has 15 heavy (non-hydrogen) atoms. The maximum atomic E-state index is 9.62. The highest BCUT2D eigenvalue weighted by atomic mass is 35.5. The Balaban J connectivity index is 0.00000324. The second kappa shape index (κ2) is 6.59. The highest BCUT2D eigenvalue weighted by molar-refractivity contribution is 5.85. The van der Waals surface area contributed by atoms with Crippen LogP contribution in [0.5, 0.6) is 0 Å². The van der Waals surface area contributed by atoms with Crippen LogP contribution in [0.2, 0.25) is 0 Å². The zero-order valence-electron chi connectivity index (χ0n) is 11.8. The number of aliphatic hydroxyl groups is 5. The molecule has 7 heteroatoms. The van der Waals surface area contributed by atoms with E-state index in [1.807, 2.05) is 0 Å². The van der Waals surface area contributed by atoms with E-state index in [0.717, 1.165) is 0 Å². The van der Waals surface area contributed by atoms with Crippen LogP contribution >= 0.6 is 12.4 Å². The van der Waals surface area contributed by atoms with Gasteiger partial charge in [0.2, 0.25) is 0 Å². The number of β-amino-alcohol motifs (C(OH)–C–C–N with tert-alkyl or cyclic N) is 2. The minimum Gasteiger partial charge on any atom is -0.395 e. The molecule has 1 fully saturated rings. The first kappa shape index (κ1) is 9.12. The lowest BCUT2D eigenvalue weighted by Crippen LogP contribution is -2.62. The van der Waals surface area contributed by atoms with Crippen molar-refractivity contribution in [2.45, 2.75) is 24.4 Å². The highest BCUT2D eigenvalue weighted by Crippen LogP contribution is 2.18. The summed E-state index contributed by atoms with van der Waals surface area (Å²) in [6.07, 6.45) is -4.74. The predicted molar refractivity (Wildman–Crippen MR) is 54.8 cm³/mol. The molecule has 6 nitrogen and oxygen atoms in total. The molecular weight excluding hydrogens is 226 g/mol. The monoisotopic (exact) mass is 247 g/mol. The van der Waals surface area contributed by atoms with Crippen LogP contribution in [0, 0.1) is 0 Å². The lowest BCUT2D eigenvalue weighted by atomic mass is 9.94. The minimum atomic E-state index is -3.26. The van der Waals surface area contributed by atoms with Gasteiger partial charge in [-0.15, -0.1) is 12.4 Å². The van der Waals surface area contributed by atoms with E-state index in [9.17, 15) is 15.3 Å². The number of likely N-dealkylation sites (tertiary alicyclic amines) is 1. The molecule has 0 aromatic heterocycles. The zero-order chi connectivity index (χ0) is 14.3. The van der Waals surface area contributed by atoms with Gasteiger partial charge in [0, 0.05) is 15.8 Å². The number of nitrogens with zero attached hydrogens (tertiary/aromatic N) is 1. The summed E-state index contributed by atoms with van der Waals surface area (Å²) in [5, 5.41) is 46.8. The van der Waals surface area contributed by atoms with Crippen LogP contribution in [0.3, 0.4) is 0 Å². The van der Waals surface area contributed by atoms with E-state index >= 15 is 0 Å². The van der Waals surface area contributed by atoms with Crippen LogP contribution in [0.1, 0.15) is 5.48 Å². The molecule has 0 aromatic carbocycles. The summed E-state index contributed by atoms with van der Waals surface area (Å²) in [6.45, 7) is -7.50. The summed E-state index contributed by atoms with van der Waals surface area (Å²) < 4.78 is 29.0. The molecule has 0 amide bonds. The Kier molecular flexibility index (Phi) is 4.01. The molecule has 1 aliphatic rings. The van der Waals surface area contributed by atoms with Crippen molar-refractivity contribution in [1.29, 1.82) is 0 Å². The van der Waals surface area contributed by atoms with E-state index in [0.29, 0.717) is 4.90 Å². The first-order valence-corrected chi connectivity index (χ1v) is 4.18. The fourth-order valence-corrected chi connectivity index (χ4v) is 1.48. The number of piperidine rings is 1. The first-order chi connectivity index (χ1) is 8.04. The van der Waals surface area contributed by atoms with Gasteiger partial charge in [0.05, 0.1) is 28.1 Å². The van der Waals surface area contributed by atoms with E-state index in [-0.39, 0.29) is 12.4 Å². The van der Waals surface area contributed by atoms with Gasteiger partial charge in [-0.2, -0.15) is 0 Å². The van der Waals surface area contributed by atoms with Crippen molar-refractivity contribution in [3.05, 3.63) is 0 Å². The summed E-state index contributed by atoms with van der Waals surface area (Å²) in [4.78, 5) is 0.606. The van der Waals surface area contributed by atoms with E-state index in [2.05, 4.69) is 0 Å². The Labute approximate surface area is 99.8 Å². The summed E-state index contributed by atoms with van der Waals surface area (Å²) in [6, 6.07) is -1.33. The molecule has 92 valence electrons. The maximum absolute atomic E-state index is 9.62. The van der Waals surface area contributed by atoms with Crippen molar-refractivity contribution in [2.24, 2.45) is 0 Å². The van der Waals surface area contributed by atoms with Gasteiger partial charge in [0.1, 0.15) is 12.2 Å². The topological polar surface area (TPSA) is 104 Å². The normalized spacial score (nSPS) is 43.3. The molecule has 0 bridgehead atoms. The third kappa shape index (κ3) is 3.25. The van der Waals surface area contributed by atoms with Gasteiger partial charge in [0.25, 0.3) is 0 Å². The van der Waals surface area contributed by atoms with Crippen LogP contribution in [-0.2, 0) is 0 Å². The van der Waals surface area contributed by atoms with Crippen LogP contribution < -0.4 is 0 Å². The van der Waals surface area contributed by atoms with Crippen LogP contribution in [0.4, 0.5) is 0 Å². The van der Waals surface area contributed by atoms with Crippen molar-refractivity contribution in [3.8, 4) is 0 Å². The average Bonchev–Trinajstić information content (AvgIpc) is 2.23. The number of hydrogen-bond donors (Lipinski definition) is 5. The molecule has 1 heterocycles. The van der Waals surface area contributed by atoms with Crippen molar-refractivity contribution >= 4 is 12.4 Å². The fraction of sp³-hybridized carbons (Fsp3) is 1.00. The average molecular weight is 248 g/mol. The van der Waals surface area contributed by atoms with Crippen molar-refractivity contribution in [3.63, 3.8) is 0 Å². The molecular formula is C8H18ClNO5. The van der Waals surface area contributed by atoms with E-state index in [4.69, 9.17) is 15.7 Å². The lowest BCUT2D eigenvalue weighted by molar-refractivity contribution is -0.146. The van der Waals surface area contributed by atoms with Crippen LogP contribution in [0.25, 0.3) is 0 Å². The molecule has 1 aliphatic heterocycles. The van der Waals surface area contributed by atoms with Gasteiger partial charge in [-0.1, -0.05) is 0 Å². The molecule has 5 N–H and O–H groups in total. The second-order valence-electron chi connectivity index (χ2n) is 3.17. The SMILES string of the molecule is Cl.[2H]C([2H])(O)C([2H])([2H])N1CC(O)[C@@H](O)[C@H](O)C1CO. The minimum absolute atomic E-state index is 0. The van der Waals surface area contributed by atoms with Crippen LogP contribution in [-0.4, -0.2) is 81.0 Å². The van der Waals surface area contributed by atoms with Crippen molar-refractivity contribution < 1.29 is 31.0 Å². The molecule has 1 saturated heterocycles. The molecule has 0 aliphatic carbocycles. The third-order valence-electron chi connectivity index (χ3n) is 2.30. The highest BCUT2D eigenvalue weighted by Gasteiger charge is 2.40. The number of halogens is 1. The van der Waals surface area contributed by atoms with E-state index < -0.39 is 50.6 Å². The van der Waals surface area contributed by atoms with Crippen molar-refractivity contribution in [1.82, 2.24) is 4.90 Å². The summed E-state index contributed by atoms with van der Waals surface area (Å²) in [7, 11) is 0. The Bertz CT molecular complexity index is 305. The number of rotatable bonds is 3. The molecule has 0 spiro atoms. The molecule has 0 radical (unpaired) electrons. The molecule has 1 rings (SSSR count). The van der Waals surface area contributed by atoms with Gasteiger partial charge >= 0.3 is 0 Å². The first-order valence-electron chi connectivity index (χ1n) is 6.18. The Morgan fingerprint density at radius 2 is 1.80 bits per heavy atom. The van der Waals surface area contributed by atoms with Gasteiger partial charge in [-0.05, 0) is 0 Å². The molecule has 4 atom stereocenters. The standard InChI is InChI=1S/C8H17NO5.ClH/c10-2-1-9-3-6(12)8(14)7(13)5(9)4-11;/h5-8,10-14H,1-4H2;1H/t5?,6?,7-,8-;/m1./s1/i1D2,2D2;. The Hall–Kier alpha value is 0.0500. The quantitative estimate of drug-likeness (QED) is 0.368. The van der Waals surface area contributed by atoms with E-state index in [1.54, 1.807) is 0 Å². The van der Waals surface area contributed by atoms with Crippen LogP contribution in [0.15, 0.2) is 0 Å². The number of hydrogen-bond acceptors (Lipinski definition) is 6. The van der Waals surface area contributed by atoms with Gasteiger partial charge in [-0.25, -0.2) is 0 Å². The summed E-state index contributed by atoms with van der Waals surface area (Å²) in [5.41, 5.74) is 0. The van der Waals surface area contributed by atoms with Gasteiger partial charge in [-0.3, -0.25) is 4.90 Å². The Morgan fingerprint density at radius 3 is 2.27 bits per heavy atom. The molecule has 0 saturated carbocycles. The maximum Gasteiger partial charge on any atom is 0.109 e. The smallest absolute Gasteiger partial charge is 0.109 e. The van der Waals surface area contributed by atoms with Gasteiger partial charge < -0.3 is 25.5 Å². The summed E-state index contributed by atoms with van der Waals surface area (Å²) >= 11 is 0. The fourth-order valence-electron chi connectivity index (χ4n) is 1.48. The number of aliphatic hydroxyl groups excluding tert-OH is 4. The lowest BCUT2D eigenvalue weighted by Gasteiger charge is -2.42. The predicted octanol–water partition coefficient (Wildman–Crippen LogP) is -2.84. The third-order valence-corrected chi connectivity index (χ3v) is 2.30.